The van der Waals surface area contributed by atoms with Gasteiger partial charge in [-0.1, -0.05) is 37.3 Å². The Labute approximate surface area is 131 Å². The second-order valence-electron chi connectivity index (χ2n) is 5.84. The quantitative estimate of drug-likeness (QED) is 0.823. The molecule has 3 rings (SSSR count). The van der Waals surface area contributed by atoms with Gasteiger partial charge < -0.3 is 10.0 Å². The number of β-lactam (4-membered cyclic amide) rings is 1. The van der Waals surface area contributed by atoms with Crippen LogP contribution in [-0.2, 0) is 26.8 Å². The number of nitrogens with zero attached hydrogens (tertiary/aromatic N) is 1. The average Bonchev–Trinajstić information content (AvgIpc) is 2.89. The SMILES string of the molecule is CCS(=O)C1CC2C(Cc3ccccc3)C(=O)N2C1C(=O)O. The van der Waals surface area contributed by atoms with Crippen LogP contribution in [0.1, 0.15) is 18.9 Å². The molecule has 2 fully saturated rings. The van der Waals surface area contributed by atoms with E-state index in [4.69, 9.17) is 0 Å². The Balaban J connectivity index is 1.79. The number of carbonyl (C=O) groups is 2. The molecule has 0 radical (unpaired) electrons. The number of benzene rings is 1. The van der Waals surface area contributed by atoms with Crippen LogP contribution in [-0.4, -0.2) is 49.2 Å². The normalized spacial score (nSPS) is 31.5. The fraction of sp³-hybridized carbons (Fsp3) is 0.500. The highest BCUT2D eigenvalue weighted by molar-refractivity contribution is 7.85. The van der Waals surface area contributed by atoms with Gasteiger partial charge in [0.05, 0.1) is 11.2 Å². The van der Waals surface area contributed by atoms with Crippen molar-refractivity contribution in [3.63, 3.8) is 0 Å². The second-order valence-corrected chi connectivity index (χ2v) is 7.78. The number of carboxylic acids is 1. The fourth-order valence-electron chi connectivity index (χ4n) is 3.63. The highest BCUT2D eigenvalue weighted by Crippen LogP contribution is 2.43. The van der Waals surface area contributed by atoms with E-state index in [0.29, 0.717) is 18.6 Å². The molecule has 5 nitrogen and oxygen atoms in total. The Morgan fingerprint density at radius 2 is 2.05 bits per heavy atom. The molecule has 6 heteroatoms. The van der Waals surface area contributed by atoms with Crippen molar-refractivity contribution in [2.24, 2.45) is 5.92 Å². The van der Waals surface area contributed by atoms with Crippen molar-refractivity contribution in [2.75, 3.05) is 5.75 Å². The van der Waals surface area contributed by atoms with Gasteiger partial charge in [-0.15, -0.1) is 0 Å². The summed E-state index contributed by atoms with van der Waals surface area (Å²) in [5, 5.41) is 8.97. The van der Waals surface area contributed by atoms with Crippen molar-refractivity contribution in [3.05, 3.63) is 35.9 Å². The predicted octanol–water partition coefficient (Wildman–Crippen LogP) is 1.05. The van der Waals surface area contributed by atoms with E-state index >= 15 is 0 Å². The van der Waals surface area contributed by atoms with Crippen LogP contribution in [0.2, 0.25) is 0 Å². The summed E-state index contributed by atoms with van der Waals surface area (Å²) in [7, 11) is -1.21. The van der Waals surface area contributed by atoms with E-state index in [2.05, 4.69) is 0 Å². The average molecular weight is 321 g/mol. The van der Waals surface area contributed by atoms with Crippen LogP contribution < -0.4 is 0 Å². The summed E-state index contributed by atoms with van der Waals surface area (Å²) in [5.74, 6) is -0.909. The van der Waals surface area contributed by atoms with Crippen molar-refractivity contribution in [1.29, 1.82) is 0 Å². The monoisotopic (exact) mass is 321 g/mol. The van der Waals surface area contributed by atoms with E-state index in [1.807, 2.05) is 30.3 Å². The molecule has 2 heterocycles. The van der Waals surface area contributed by atoms with Crippen molar-refractivity contribution >= 4 is 22.7 Å². The number of hydrogen-bond acceptors (Lipinski definition) is 3. The number of aliphatic carboxylic acids is 1. The first-order valence-corrected chi connectivity index (χ1v) is 8.89. The molecule has 0 aromatic heterocycles. The Morgan fingerprint density at radius 1 is 1.36 bits per heavy atom. The highest BCUT2D eigenvalue weighted by atomic mass is 32.2. The van der Waals surface area contributed by atoms with Gasteiger partial charge >= 0.3 is 5.97 Å². The number of rotatable bonds is 5. The summed E-state index contributed by atoms with van der Waals surface area (Å²) in [6.45, 7) is 1.79. The van der Waals surface area contributed by atoms with Crippen LogP contribution in [0, 0.1) is 5.92 Å². The molecule has 1 N–H and O–H groups in total. The van der Waals surface area contributed by atoms with Gasteiger partial charge in [0.2, 0.25) is 5.91 Å². The van der Waals surface area contributed by atoms with Gasteiger partial charge in [0.25, 0.3) is 0 Å². The molecule has 1 aromatic rings. The minimum absolute atomic E-state index is 0.0886. The zero-order valence-electron chi connectivity index (χ0n) is 12.3. The third kappa shape index (κ3) is 2.35. The Kier molecular flexibility index (Phi) is 4.04. The lowest BCUT2D eigenvalue weighted by Crippen LogP contribution is -2.62. The maximum absolute atomic E-state index is 12.4. The first-order chi connectivity index (χ1) is 10.5. The summed E-state index contributed by atoms with van der Waals surface area (Å²) >= 11 is 0. The maximum atomic E-state index is 12.4. The highest BCUT2D eigenvalue weighted by Gasteiger charge is 2.60. The van der Waals surface area contributed by atoms with Gasteiger partial charge in [-0.2, -0.15) is 0 Å². The number of carbonyl (C=O) groups excluding carboxylic acids is 1. The number of amides is 1. The molecule has 1 amide bonds. The van der Waals surface area contributed by atoms with Gasteiger partial charge in [0.1, 0.15) is 6.04 Å². The summed E-state index contributed by atoms with van der Waals surface area (Å²) in [6.07, 6.45) is 1.15. The number of hydrogen-bond donors (Lipinski definition) is 1. The van der Waals surface area contributed by atoms with E-state index < -0.39 is 28.1 Å². The topological polar surface area (TPSA) is 74.7 Å². The van der Waals surface area contributed by atoms with E-state index in [1.54, 1.807) is 6.92 Å². The first-order valence-electron chi connectivity index (χ1n) is 7.50. The van der Waals surface area contributed by atoms with Gasteiger partial charge in [-0.05, 0) is 18.4 Å². The summed E-state index contributed by atoms with van der Waals surface area (Å²) in [5.41, 5.74) is 1.08. The Hall–Kier alpha value is -1.69. The van der Waals surface area contributed by atoms with Crippen molar-refractivity contribution in [3.8, 4) is 0 Å². The van der Waals surface area contributed by atoms with Crippen molar-refractivity contribution in [1.82, 2.24) is 4.90 Å². The molecule has 2 aliphatic rings. The minimum Gasteiger partial charge on any atom is -0.480 e. The van der Waals surface area contributed by atoms with Gasteiger partial charge in [0, 0.05) is 22.6 Å². The van der Waals surface area contributed by atoms with Gasteiger partial charge in [-0.3, -0.25) is 9.00 Å². The number of fused-ring (bicyclic) bond motifs is 1. The van der Waals surface area contributed by atoms with Crippen LogP contribution in [0.5, 0.6) is 0 Å². The number of carboxylic acid groups (broad SMARTS) is 1. The van der Waals surface area contributed by atoms with E-state index in [1.165, 1.54) is 4.90 Å². The smallest absolute Gasteiger partial charge is 0.327 e. The molecule has 0 aliphatic carbocycles. The third-order valence-corrected chi connectivity index (χ3v) is 6.39. The third-order valence-electron chi connectivity index (χ3n) is 4.69. The lowest BCUT2D eigenvalue weighted by molar-refractivity contribution is -0.163. The van der Waals surface area contributed by atoms with Crippen molar-refractivity contribution in [2.45, 2.75) is 37.1 Å². The molecule has 1 aromatic carbocycles. The molecular weight excluding hydrogens is 302 g/mol. The van der Waals surface area contributed by atoms with Crippen LogP contribution in [0.3, 0.4) is 0 Å². The Bertz CT molecular complexity index is 618. The molecule has 5 atom stereocenters. The summed E-state index contributed by atoms with van der Waals surface area (Å²) < 4.78 is 12.1. The molecule has 0 saturated carbocycles. The molecule has 5 unspecified atom stereocenters. The lowest BCUT2D eigenvalue weighted by atomic mass is 9.83. The lowest BCUT2D eigenvalue weighted by Gasteiger charge is -2.44. The fourth-order valence-corrected chi connectivity index (χ4v) is 5.01. The molecule has 22 heavy (non-hydrogen) atoms. The molecule has 2 aliphatic heterocycles. The minimum atomic E-state index is -1.21. The zero-order valence-corrected chi connectivity index (χ0v) is 13.2. The summed E-state index contributed by atoms with van der Waals surface area (Å²) in [4.78, 5) is 25.3. The van der Waals surface area contributed by atoms with Crippen LogP contribution in [0.25, 0.3) is 0 Å². The van der Waals surface area contributed by atoms with E-state index in [0.717, 1.165) is 5.56 Å². The molecule has 118 valence electrons. The molecular formula is C16H19NO4S. The van der Waals surface area contributed by atoms with Crippen LogP contribution >= 0.6 is 0 Å². The zero-order chi connectivity index (χ0) is 15.9. The summed E-state index contributed by atoms with van der Waals surface area (Å²) in [6, 6.07) is 8.72. The predicted molar refractivity (Wildman–Crippen MR) is 82.8 cm³/mol. The Morgan fingerprint density at radius 3 is 2.64 bits per heavy atom. The maximum Gasteiger partial charge on any atom is 0.327 e. The largest absolute Gasteiger partial charge is 0.480 e. The van der Waals surface area contributed by atoms with E-state index in [-0.39, 0.29) is 17.9 Å². The first kappa shape index (κ1) is 15.2. The van der Waals surface area contributed by atoms with Crippen molar-refractivity contribution < 1.29 is 18.9 Å². The van der Waals surface area contributed by atoms with Crippen LogP contribution in [0.15, 0.2) is 30.3 Å². The second kappa shape index (κ2) is 5.83. The van der Waals surface area contributed by atoms with Gasteiger partial charge in [0.15, 0.2) is 0 Å². The van der Waals surface area contributed by atoms with E-state index in [9.17, 15) is 18.9 Å². The van der Waals surface area contributed by atoms with Crippen LogP contribution in [0.4, 0.5) is 0 Å². The molecule has 0 bridgehead atoms. The standard InChI is InChI=1S/C16H19NO4S/c1-2-22(21)13-9-12-11(8-10-6-4-3-5-7-10)15(18)17(12)14(13)16(19)20/h3-7,11-14H,2,8-9H2,1H3,(H,19,20). The molecule has 0 spiro atoms. The molecule has 2 saturated heterocycles. The van der Waals surface area contributed by atoms with Gasteiger partial charge in [-0.25, -0.2) is 4.79 Å².